The number of aryl methyl sites for hydroxylation is 1. The molecule has 1 aromatic carbocycles. The lowest BCUT2D eigenvalue weighted by atomic mass is 10.2. The molecule has 0 saturated heterocycles. The van der Waals surface area contributed by atoms with Gasteiger partial charge in [-0.2, -0.15) is 13.1 Å². The van der Waals surface area contributed by atoms with Gasteiger partial charge in [-0.05, 0) is 43.0 Å². The van der Waals surface area contributed by atoms with Gasteiger partial charge in [0.2, 0.25) is 10.0 Å². The average Bonchev–Trinajstić information content (AvgIpc) is 2.66. The van der Waals surface area contributed by atoms with Crippen LogP contribution >= 0.6 is 11.8 Å². The SMILES string of the molecule is Cc1ccc(S(=O)(=O)N(C)CC(=O)NNC(=O)c2cccnc2SC(F)F)cc1. The zero-order valence-electron chi connectivity index (χ0n) is 15.4. The molecule has 0 bridgehead atoms. The van der Waals surface area contributed by atoms with E-state index in [1.807, 2.05) is 6.92 Å². The Labute approximate surface area is 170 Å². The molecule has 8 nitrogen and oxygen atoms in total. The first-order valence-corrected chi connectivity index (χ1v) is 10.4. The fraction of sp³-hybridized carbons (Fsp3) is 0.235. The number of amides is 2. The van der Waals surface area contributed by atoms with E-state index >= 15 is 0 Å². The lowest BCUT2D eigenvalue weighted by Crippen LogP contribution is -2.46. The largest absolute Gasteiger partial charge is 0.290 e. The molecule has 0 aliphatic rings. The van der Waals surface area contributed by atoms with Gasteiger partial charge < -0.3 is 0 Å². The number of carbonyl (C=O) groups excluding carboxylic acids is 2. The van der Waals surface area contributed by atoms with Gasteiger partial charge in [0.1, 0.15) is 5.03 Å². The summed E-state index contributed by atoms with van der Waals surface area (Å²) in [7, 11) is -2.68. The molecule has 0 unspecified atom stereocenters. The van der Waals surface area contributed by atoms with Crippen molar-refractivity contribution < 1.29 is 26.8 Å². The van der Waals surface area contributed by atoms with Crippen LogP contribution in [-0.4, -0.2) is 48.9 Å². The maximum Gasteiger partial charge on any atom is 0.290 e. The molecular weight excluding hydrogens is 426 g/mol. The molecule has 0 radical (unpaired) electrons. The summed E-state index contributed by atoms with van der Waals surface area (Å²) in [6.45, 7) is 1.24. The Kier molecular flexibility index (Phi) is 7.65. The summed E-state index contributed by atoms with van der Waals surface area (Å²) in [4.78, 5) is 27.9. The summed E-state index contributed by atoms with van der Waals surface area (Å²) in [5.74, 6) is -4.45. The van der Waals surface area contributed by atoms with Crippen LogP contribution in [0.1, 0.15) is 15.9 Å². The monoisotopic (exact) mass is 444 g/mol. The van der Waals surface area contributed by atoms with Crippen LogP contribution in [0, 0.1) is 6.92 Å². The lowest BCUT2D eigenvalue weighted by Gasteiger charge is -2.17. The van der Waals surface area contributed by atoms with E-state index in [4.69, 9.17) is 0 Å². The summed E-state index contributed by atoms with van der Waals surface area (Å²) in [6.07, 6.45) is 1.25. The third-order valence-corrected chi connectivity index (χ3v) is 6.17. The maximum absolute atomic E-state index is 12.6. The molecule has 2 N–H and O–H groups in total. The van der Waals surface area contributed by atoms with E-state index in [1.165, 1.54) is 37.5 Å². The van der Waals surface area contributed by atoms with E-state index in [9.17, 15) is 26.8 Å². The molecule has 0 spiro atoms. The highest BCUT2D eigenvalue weighted by Crippen LogP contribution is 2.26. The lowest BCUT2D eigenvalue weighted by molar-refractivity contribution is -0.121. The summed E-state index contributed by atoms with van der Waals surface area (Å²) in [5, 5.41) is -0.201. The van der Waals surface area contributed by atoms with E-state index in [1.54, 1.807) is 12.1 Å². The van der Waals surface area contributed by atoms with Crippen molar-refractivity contribution in [3.63, 3.8) is 0 Å². The number of alkyl halides is 2. The van der Waals surface area contributed by atoms with Crippen LogP contribution in [0.4, 0.5) is 8.78 Å². The third kappa shape index (κ3) is 6.21. The molecule has 2 amide bonds. The zero-order chi connectivity index (χ0) is 21.6. The van der Waals surface area contributed by atoms with Crippen LogP contribution in [-0.2, 0) is 14.8 Å². The number of hydrogen-bond donors (Lipinski definition) is 2. The van der Waals surface area contributed by atoms with E-state index in [0.717, 1.165) is 9.87 Å². The van der Waals surface area contributed by atoms with Gasteiger partial charge in [-0.15, -0.1) is 0 Å². The van der Waals surface area contributed by atoms with Gasteiger partial charge in [-0.3, -0.25) is 20.4 Å². The number of aromatic nitrogens is 1. The number of carbonyl (C=O) groups is 2. The second-order valence-corrected chi connectivity index (χ2v) is 8.83. The van der Waals surface area contributed by atoms with Crippen molar-refractivity contribution in [2.24, 2.45) is 0 Å². The van der Waals surface area contributed by atoms with Crippen LogP contribution in [0.2, 0.25) is 0 Å². The summed E-state index contributed by atoms with van der Waals surface area (Å²) < 4.78 is 50.9. The van der Waals surface area contributed by atoms with Gasteiger partial charge >= 0.3 is 0 Å². The molecule has 29 heavy (non-hydrogen) atoms. The molecule has 1 heterocycles. The number of hydrazine groups is 1. The van der Waals surface area contributed by atoms with Crippen LogP contribution in [0.25, 0.3) is 0 Å². The Morgan fingerprint density at radius 2 is 1.83 bits per heavy atom. The van der Waals surface area contributed by atoms with Crippen molar-refractivity contribution in [1.29, 1.82) is 0 Å². The molecule has 0 aliphatic heterocycles. The first-order chi connectivity index (χ1) is 13.6. The van der Waals surface area contributed by atoms with Gasteiger partial charge in [0.05, 0.1) is 17.0 Å². The molecule has 0 fully saturated rings. The van der Waals surface area contributed by atoms with E-state index in [2.05, 4.69) is 15.8 Å². The van der Waals surface area contributed by atoms with Crippen molar-refractivity contribution in [3.8, 4) is 0 Å². The molecule has 156 valence electrons. The number of benzene rings is 1. The second kappa shape index (κ2) is 9.76. The highest BCUT2D eigenvalue weighted by atomic mass is 32.2. The molecule has 2 rings (SSSR count). The predicted octanol–water partition coefficient (Wildman–Crippen LogP) is 1.79. The Morgan fingerprint density at radius 3 is 2.45 bits per heavy atom. The number of sulfonamides is 1. The number of nitrogens with zero attached hydrogens (tertiary/aromatic N) is 2. The van der Waals surface area contributed by atoms with Crippen molar-refractivity contribution in [2.75, 3.05) is 13.6 Å². The number of halogens is 2. The predicted molar refractivity (Wildman–Crippen MR) is 103 cm³/mol. The molecule has 0 saturated carbocycles. The summed E-state index contributed by atoms with van der Waals surface area (Å²) in [6, 6.07) is 8.76. The van der Waals surface area contributed by atoms with Gasteiger partial charge in [-0.25, -0.2) is 13.4 Å². The molecule has 1 aromatic heterocycles. The van der Waals surface area contributed by atoms with Gasteiger partial charge in [0.25, 0.3) is 17.6 Å². The Hall–Kier alpha value is -2.57. The fourth-order valence-electron chi connectivity index (χ4n) is 2.15. The van der Waals surface area contributed by atoms with Crippen molar-refractivity contribution in [2.45, 2.75) is 22.6 Å². The van der Waals surface area contributed by atoms with Crippen molar-refractivity contribution >= 4 is 33.6 Å². The van der Waals surface area contributed by atoms with Gasteiger partial charge in [-0.1, -0.05) is 17.7 Å². The van der Waals surface area contributed by atoms with Crippen LogP contribution in [0.5, 0.6) is 0 Å². The first-order valence-electron chi connectivity index (χ1n) is 8.13. The minimum Gasteiger partial charge on any atom is -0.272 e. The Bertz CT molecular complexity index is 985. The molecule has 0 atom stereocenters. The number of hydrogen-bond acceptors (Lipinski definition) is 6. The minimum absolute atomic E-state index is 0.0199. The average molecular weight is 444 g/mol. The summed E-state index contributed by atoms with van der Waals surface area (Å²) >= 11 is 0.0947. The second-order valence-electron chi connectivity index (χ2n) is 5.81. The number of rotatable bonds is 7. The van der Waals surface area contributed by atoms with Crippen molar-refractivity contribution in [3.05, 3.63) is 53.7 Å². The number of likely N-dealkylation sites (N-methyl/N-ethyl adjacent to an activating group) is 1. The van der Waals surface area contributed by atoms with Crippen molar-refractivity contribution in [1.82, 2.24) is 20.1 Å². The van der Waals surface area contributed by atoms with Gasteiger partial charge in [0, 0.05) is 13.2 Å². The quantitative estimate of drug-likeness (QED) is 0.498. The normalized spacial score (nSPS) is 11.5. The smallest absolute Gasteiger partial charge is 0.272 e. The topological polar surface area (TPSA) is 108 Å². The third-order valence-electron chi connectivity index (χ3n) is 3.63. The summed E-state index contributed by atoms with van der Waals surface area (Å²) in [5.41, 5.74) is 4.84. The molecule has 12 heteroatoms. The number of thioether (sulfide) groups is 1. The molecule has 0 aliphatic carbocycles. The molecule has 2 aromatic rings. The van der Waals surface area contributed by atoms with E-state index in [-0.39, 0.29) is 27.2 Å². The maximum atomic E-state index is 12.6. The van der Waals surface area contributed by atoms with Crippen LogP contribution in [0.15, 0.2) is 52.5 Å². The van der Waals surface area contributed by atoms with Gasteiger partial charge in [0.15, 0.2) is 0 Å². The fourth-order valence-corrected chi connectivity index (χ4v) is 3.86. The Morgan fingerprint density at radius 1 is 1.17 bits per heavy atom. The standard InChI is InChI=1S/C17H18F2N4O4S2/c1-11-5-7-12(8-6-11)29(26,27)23(2)10-14(24)21-22-15(25)13-4-3-9-20-16(13)28-17(18)19/h3-9,17H,10H2,1-2H3,(H,21,24)(H,22,25). The van der Waals surface area contributed by atoms with Crippen LogP contribution < -0.4 is 10.9 Å². The van der Waals surface area contributed by atoms with Crippen LogP contribution in [0.3, 0.4) is 0 Å². The highest BCUT2D eigenvalue weighted by Gasteiger charge is 2.23. The zero-order valence-corrected chi connectivity index (χ0v) is 17.1. The molecular formula is C17H18F2N4O4S2. The highest BCUT2D eigenvalue weighted by molar-refractivity contribution is 7.99. The first kappa shape index (κ1) is 22.7. The number of pyridine rings is 1. The minimum atomic E-state index is -3.90. The van der Waals surface area contributed by atoms with E-state index < -0.39 is 34.1 Å². The Balaban J connectivity index is 1.97. The van der Waals surface area contributed by atoms with E-state index in [0.29, 0.717) is 0 Å². The number of nitrogens with one attached hydrogen (secondary N) is 2.